The van der Waals surface area contributed by atoms with Crippen LogP contribution in [-0.2, 0) is 11.4 Å². The fraction of sp³-hybridized carbons (Fsp3) is 0.286. The van der Waals surface area contributed by atoms with Crippen LogP contribution in [0.15, 0.2) is 72.8 Å². The molecular weight excluding hydrogens is 430 g/mol. The van der Waals surface area contributed by atoms with Crippen LogP contribution in [-0.4, -0.2) is 30.1 Å². The van der Waals surface area contributed by atoms with E-state index in [0.717, 1.165) is 22.6 Å². The number of hydrogen-bond acceptors (Lipinski definition) is 4. The first-order valence-corrected chi connectivity index (χ1v) is 11.5. The Morgan fingerprint density at radius 2 is 1.68 bits per heavy atom. The first-order chi connectivity index (χ1) is 16.5. The molecule has 0 saturated carbocycles. The quantitative estimate of drug-likeness (QED) is 0.447. The van der Waals surface area contributed by atoms with Gasteiger partial charge in [-0.1, -0.05) is 30.3 Å². The molecule has 6 heteroatoms. The third kappa shape index (κ3) is 5.06. The Balaban J connectivity index is 1.61. The van der Waals surface area contributed by atoms with Gasteiger partial charge < -0.3 is 19.5 Å². The van der Waals surface area contributed by atoms with Crippen LogP contribution in [0.3, 0.4) is 0 Å². The zero-order valence-corrected chi connectivity index (χ0v) is 19.4. The van der Waals surface area contributed by atoms with Gasteiger partial charge in [0, 0.05) is 29.6 Å². The van der Waals surface area contributed by atoms with E-state index in [2.05, 4.69) is 0 Å². The number of aliphatic carboxylic acids is 1. The van der Waals surface area contributed by atoms with Crippen molar-refractivity contribution in [2.75, 3.05) is 12.0 Å². The summed E-state index contributed by atoms with van der Waals surface area (Å²) in [7, 11) is 1.59. The third-order valence-electron chi connectivity index (χ3n) is 6.36. The number of carbonyl (C=O) groups is 2. The van der Waals surface area contributed by atoms with Gasteiger partial charge >= 0.3 is 5.97 Å². The summed E-state index contributed by atoms with van der Waals surface area (Å²) in [5.41, 5.74) is 3.52. The lowest BCUT2D eigenvalue weighted by atomic mass is 9.90. The van der Waals surface area contributed by atoms with Gasteiger partial charge in [-0.2, -0.15) is 0 Å². The zero-order chi connectivity index (χ0) is 24.1. The van der Waals surface area contributed by atoms with Crippen molar-refractivity contribution < 1.29 is 24.2 Å². The van der Waals surface area contributed by atoms with Gasteiger partial charge in [-0.3, -0.25) is 9.59 Å². The largest absolute Gasteiger partial charge is 0.497 e. The van der Waals surface area contributed by atoms with Crippen LogP contribution in [0.4, 0.5) is 5.69 Å². The molecule has 0 spiro atoms. The van der Waals surface area contributed by atoms with Gasteiger partial charge in [0.2, 0.25) is 0 Å². The van der Waals surface area contributed by atoms with Crippen LogP contribution >= 0.6 is 0 Å². The summed E-state index contributed by atoms with van der Waals surface area (Å²) in [6.45, 7) is 2.48. The standard InChI is InChI=1S/C28H29NO5/c1-19-24(9-6-10-27(30)31)25-17-23(34-18-20-7-4-3-5-8-20)15-16-26(25)29(19)28(32)21-11-13-22(33-2)14-12-21/h3-5,7-8,11-17,19,24H,6,9-10,18H2,1-2H3,(H,30,31). The van der Waals surface area contributed by atoms with Crippen LogP contribution < -0.4 is 14.4 Å². The number of methoxy groups -OCH3 is 1. The van der Waals surface area contributed by atoms with Crippen molar-refractivity contribution in [3.8, 4) is 11.5 Å². The van der Waals surface area contributed by atoms with E-state index in [9.17, 15) is 9.59 Å². The Morgan fingerprint density at radius 1 is 0.971 bits per heavy atom. The molecule has 0 saturated heterocycles. The molecule has 34 heavy (non-hydrogen) atoms. The molecule has 3 aromatic rings. The lowest BCUT2D eigenvalue weighted by Gasteiger charge is -2.25. The molecule has 6 nitrogen and oxygen atoms in total. The number of amides is 1. The third-order valence-corrected chi connectivity index (χ3v) is 6.36. The Kier molecular flexibility index (Phi) is 7.16. The molecule has 1 amide bonds. The average molecular weight is 460 g/mol. The summed E-state index contributed by atoms with van der Waals surface area (Å²) in [6.07, 6.45) is 1.33. The maximum atomic E-state index is 13.5. The number of nitrogens with zero attached hydrogens (tertiary/aromatic N) is 1. The molecule has 1 aliphatic heterocycles. The second-order valence-corrected chi connectivity index (χ2v) is 8.53. The number of anilines is 1. The highest BCUT2D eigenvalue weighted by atomic mass is 16.5. The van der Waals surface area contributed by atoms with Crippen molar-refractivity contribution in [2.24, 2.45) is 0 Å². The number of ether oxygens (including phenoxy) is 2. The van der Waals surface area contributed by atoms with Crippen LogP contribution in [0.1, 0.15) is 53.6 Å². The summed E-state index contributed by atoms with van der Waals surface area (Å²) in [4.78, 5) is 26.4. The molecular formula is C28H29NO5. The van der Waals surface area contributed by atoms with Gasteiger partial charge in [0.15, 0.2) is 0 Å². The highest BCUT2D eigenvalue weighted by molar-refractivity contribution is 6.08. The Hall–Kier alpha value is -3.80. The Labute approximate surface area is 199 Å². The predicted octanol–water partition coefficient (Wildman–Crippen LogP) is 5.66. The first kappa shape index (κ1) is 23.4. The normalized spacial score (nSPS) is 16.7. The minimum absolute atomic E-state index is 0.0248. The second kappa shape index (κ2) is 10.4. The average Bonchev–Trinajstić information content (AvgIpc) is 3.13. The molecule has 1 aliphatic rings. The van der Waals surface area contributed by atoms with E-state index in [4.69, 9.17) is 14.6 Å². The number of carbonyl (C=O) groups excluding carboxylic acids is 1. The second-order valence-electron chi connectivity index (χ2n) is 8.53. The fourth-order valence-corrected chi connectivity index (χ4v) is 4.58. The van der Waals surface area contributed by atoms with Crippen molar-refractivity contribution in [3.05, 3.63) is 89.5 Å². The van der Waals surface area contributed by atoms with E-state index in [1.807, 2.05) is 60.4 Å². The van der Waals surface area contributed by atoms with Crippen LogP contribution in [0.25, 0.3) is 0 Å². The lowest BCUT2D eigenvalue weighted by Crippen LogP contribution is -2.37. The molecule has 2 unspecified atom stereocenters. The molecule has 0 radical (unpaired) electrons. The number of fused-ring (bicyclic) bond motifs is 1. The molecule has 0 aliphatic carbocycles. The van der Waals surface area contributed by atoms with Crippen molar-refractivity contribution in [1.29, 1.82) is 0 Å². The minimum Gasteiger partial charge on any atom is -0.497 e. The molecule has 1 N–H and O–H groups in total. The van der Waals surface area contributed by atoms with E-state index < -0.39 is 5.97 Å². The minimum atomic E-state index is -0.808. The predicted molar refractivity (Wildman–Crippen MR) is 131 cm³/mol. The lowest BCUT2D eigenvalue weighted by molar-refractivity contribution is -0.137. The Bertz CT molecular complexity index is 1140. The molecule has 1 heterocycles. The molecule has 3 aromatic carbocycles. The summed E-state index contributed by atoms with van der Waals surface area (Å²) in [5.74, 6) is 0.554. The van der Waals surface area contributed by atoms with E-state index in [1.54, 1.807) is 31.4 Å². The highest BCUT2D eigenvalue weighted by Gasteiger charge is 2.39. The highest BCUT2D eigenvalue weighted by Crippen LogP contribution is 2.45. The zero-order valence-electron chi connectivity index (χ0n) is 19.4. The molecule has 176 valence electrons. The molecule has 2 atom stereocenters. The maximum absolute atomic E-state index is 13.5. The molecule has 4 rings (SSSR count). The topological polar surface area (TPSA) is 76.1 Å². The van der Waals surface area contributed by atoms with Crippen LogP contribution in [0.2, 0.25) is 0 Å². The summed E-state index contributed by atoms with van der Waals surface area (Å²) >= 11 is 0. The van der Waals surface area contributed by atoms with Gasteiger partial charge in [-0.25, -0.2) is 0 Å². The first-order valence-electron chi connectivity index (χ1n) is 11.5. The number of hydrogen-bond donors (Lipinski definition) is 1. The molecule has 0 bridgehead atoms. The van der Waals surface area contributed by atoms with Gasteiger partial charge in [0.05, 0.1) is 7.11 Å². The van der Waals surface area contributed by atoms with Gasteiger partial charge in [-0.15, -0.1) is 0 Å². The number of benzene rings is 3. The van der Waals surface area contributed by atoms with E-state index in [1.165, 1.54) is 0 Å². The molecule has 0 fully saturated rings. The van der Waals surface area contributed by atoms with Crippen molar-refractivity contribution >= 4 is 17.6 Å². The van der Waals surface area contributed by atoms with Crippen LogP contribution in [0.5, 0.6) is 11.5 Å². The van der Waals surface area contributed by atoms with Gasteiger partial charge in [0.25, 0.3) is 5.91 Å². The summed E-state index contributed by atoms with van der Waals surface area (Å²) in [5, 5.41) is 9.11. The Morgan fingerprint density at radius 3 is 2.35 bits per heavy atom. The van der Waals surface area contributed by atoms with Gasteiger partial charge in [-0.05, 0) is 73.4 Å². The van der Waals surface area contributed by atoms with Crippen molar-refractivity contribution in [3.63, 3.8) is 0 Å². The summed E-state index contributed by atoms with van der Waals surface area (Å²) in [6, 6.07) is 22.8. The number of rotatable bonds is 9. The molecule has 0 aromatic heterocycles. The van der Waals surface area contributed by atoms with Gasteiger partial charge in [0.1, 0.15) is 18.1 Å². The SMILES string of the molecule is COc1ccc(C(=O)N2c3ccc(OCc4ccccc4)cc3C(CCCC(=O)O)C2C)cc1. The summed E-state index contributed by atoms with van der Waals surface area (Å²) < 4.78 is 11.3. The number of carboxylic acid groups (broad SMARTS) is 1. The van der Waals surface area contributed by atoms with E-state index >= 15 is 0 Å². The number of carboxylic acids is 1. The smallest absolute Gasteiger partial charge is 0.303 e. The van der Waals surface area contributed by atoms with Crippen molar-refractivity contribution in [2.45, 2.75) is 44.8 Å². The monoisotopic (exact) mass is 459 g/mol. The maximum Gasteiger partial charge on any atom is 0.303 e. The van der Waals surface area contributed by atoms with E-state index in [-0.39, 0.29) is 24.3 Å². The van der Waals surface area contributed by atoms with Crippen molar-refractivity contribution in [1.82, 2.24) is 0 Å². The van der Waals surface area contributed by atoms with Crippen LogP contribution in [0, 0.1) is 0 Å². The van der Waals surface area contributed by atoms with E-state index in [0.29, 0.717) is 30.8 Å². The fourth-order valence-electron chi connectivity index (χ4n) is 4.58.